The number of aromatic nitrogens is 10. The lowest BCUT2D eigenvalue weighted by Crippen LogP contribution is -1.91. The number of rotatable bonds is 8. The molecule has 0 bridgehead atoms. The molecule has 0 amide bonds. The second-order valence-electron chi connectivity index (χ2n) is 31.4. The quantitative estimate of drug-likeness (QED) is 0.130. The number of nitrogens with zero attached hydrogens (tertiary/aromatic N) is 10. The lowest BCUT2D eigenvalue weighted by Gasteiger charge is -2.11. The van der Waals surface area contributed by atoms with Crippen LogP contribution in [0.2, 0.25) is 26.4 Å². The van der Waals surface area contributed by atoms with Gasteiger partial charge in [-0.25, -0.2) is 49.8 Å². The first-order valence-corrected chi connectivity index (χ1v) is 45.2. The Morgan fingerprint density at radius 2 is 0.474 bits per heavy atom. The van der Waals surface area contributed by atoms with Crippen LogP contribution in [0.25, 0.3) is 242 Å². The zero-order chi connectivity index (χ0) is 89.2. The molecule has 0 unspecified atom stereocenters. The molecule has 11 heterocycles. The van der Waals surface area contributed by atoms with Gasteiger partial charge in [0.2, 0.25) is 26.4 Å². The fourth-order valence-corrected chi connectivity index (χ4v) is 19.3. The van der Waals surface area contributed by atoms with E-state index in [2.05, 4.69) is 201 Å². The van der Waals surface area contributed by atoms with E-state index in [1.54, 1.807) is 11.3 Å². The van der Waals surface area contributed by atoms with E-state index in [1.165, 1.54) is 31.1 Å². The fraction of sp³-hybridized carbons (Fsp3) is 0. The zero-order valence-corrected chi connectivity index (χ0v) is 74.3. The van der Waals surface area contributed by atoms with Gasteiger partial charge in [0, 0.05) is 74.9 Å². The highest BCUT2D eigenvalue weighted by Crippen LogP contribution is 2.46. The molecule has 133 heavy (non-hydrogen) atoms. The first-order valence-electron chi connectivity index (χ1n) is 42.5. The van der Waals surface area contributed by atoms with Gasteiger partial charge in [-0.15, -0.1) is 11.3 Å². The van der Waals surface area contributed by atoms with Crippen molar-refractivity contribution in [3.05, 3.63) is 409 Å². The first-order chi connectivity index (χ1) is 65.4. The number of furan rings is 5. The van der Waals surface area contributed by atoms with Crippen LogP contribution in [-0.2, 0) is 0 Å². The average Bonchev–Trinajstić information content (AvgIpc) is 1.60. The summed E-state index contributed by atoms with van der Waals surface area (Å²) >= 11 is 33.0. The van der Waals surface area contributed by atoms with Crippen molar-refractivity contribution < 1.29 is 22.1 Å². The Hall–Kier alpha value is -15.9. The van der Waals surface area contributed by atoms with Crippen molar-refractivity contribution in [1.29, 1.82) is 0 Å². The Bertz CT molecular complexity index is 9140. The summed E-state index contributed by atoms with van der Waals surface area (Å²) in [7, 11) is 0. The molecule has 27 rings (SSSR count). The summed E-state index contributed by atoms with van der Waals surface area (Å²) in [6, 6.07) is 128. The number of hydrogen-bond acceptors (Lipinski definition) is 16. The van der Waals surface area contributed by atoms with E-state index in [0.717, 1.165) is 166 Å². The van der Waals surface area contributed by atoms with Crippen molar-refractivity contribution in [3.63, 3.8) is 0 Å². The smallest absolute Gasteiger partial charge is 0.223 e. The van der Waals surface area contributed by atoms with Gasteiger partial charge in [0.05, 0.1) is 0 Å². The molecule has 0 aliphatic carbocycles. The number of thiophene rings is 1. The molecule has 632 valence electrons. The minimum atomic E-state index is 0.199. The van der Waals surface area contributed by atoms with Crippen molar-refractivity contribution in [2.75, 3.05) is 0 Å². The van der Waals surface area contributed by atoms with E-state index in [9.17, 15) is 0 Å². The van der Waals surface area contributed by atoms with Crippen LogP contribution in [-0.4, -0.2) is 49.8 Å². The molecule has 0 atom stereocenters. The molecule has 11 aromatic heterocycles. The van der Waals surface area contributed by atoms with Gasteiger partial charge in [-0.3, -0.25) is 0 Å². The third kappa shape index (κ3) is 15.6. The molecule has 0 spiro atoms. The molecule has 21 heteroatoms. The molecule has 0 radical (unpaired) electrons. The molecular weight excluding hydrogens is 1770 g/mol. The summed E-state index contributed by atoms with van der Waals surface area (Å²) < 4.78 is 32.9. The van der Waals surface area contributed by atoms with Gasteiger partial charge < -0.3 is 22.1 Å². The highest BCUT2D eigenvalue weighted by molar-refractivity contribution is 7.26. The number of halogens is 5. The largest absolute Gasteiger partial charge is 0.452 e. The maximum Gasteiger partial charge on any atom is 0.223 e. The Morgan fingerprint density at radius 3 is 0.932 bits per heavy atom. The highest BCUT2D eigenvalue weighted by Gasteiger charge is 2.25. The summed E-state index contributed by atoms with van der Waals surface area (Å²) in [6.07, 6.45) is 0. The van der Waals surface area contributed by atoms with Crippen molar-refractivity contribution >= 4 is 221 Å². The van der Waals surface area contributed by atoms with Gasteiger partial charge in [0.15, 0.2) is 27.9 Å². The van der Waals surface area contributed by atoms with Crippen LogP contribution in [0.5, 0.6) is 0 Å². The van der Waals surface area contributed by atoms with Crippen LogP contribution in [0.1, 0.15) is 0 Å². The van der Waals surface area contributed by atoms with Gasteiger partial charge in [-0.2, -0.15) is 0 Å². The van der Waals surface area contributed by atoms with E-state index in [0.29, 0.717) is 45.0 Å². The van der Waals surface area contributed by atoms with Crippen LogP contribution in [0.3, 0.4) is 0 Å². The lowest BCUT2D eigenvalue weighted by atomic mass is 9.95. The van der Waals surface area contributed by atoms with Crippen LogP contribution < -0.4 is 0 Å². The summed E-state index contributed by atoms with van der Waals surface area (Å²) in [5, 5.41) is 12.8. The van der Waals surface area contributed by atoms with Crippen LogP contribution in [0.15, 0.2) is 404 Å². The number of hydrogen-bond donors (Lipinski definition) is 0. The minimum Gasteiger partial charge on any atom is -0.452 e. The molecule has 27 aromatic rings. The van der Waals surface area contributed by atoms with Crippen LogP contribution in [0, 0.1) is 0 Å². The van der Waals surface area contributed by atoms with E-state index < -0.39 is 0 Å². The molecule has 0 fully saturated rings. The van der Waals surface area contributed by atoms with Gasteiger partial charge in [0.25, 0.3) is 0 Å². The Balaban J connectivity index is 0.0000000944. The molecule has 0 saturated heterocycles. The summed E-state index contributed by atoms with van der Waals surface area (Å²) in [6.45, 7) is 0. The maximum atomic E-state index is 6.38. The first kappa shape index (κ1) is 81.6. The van der Waals surface area contributed by atoms with Crippen molar-refractivity contribution in [1.82, 2.24) is 49.8 Å². The van der Waals surface area contributed by atoms with Gasteiger partial charge in [0.1, 0.15) is 84.0 Å². The van der Waals surface area contributed by atoms with Gasteiger partial charge >= 0.3 is 0 Å². The van der Waals surface area contributed by atoms with Gasteiger partial charge in [-0.1, -0.05) is 291 Å². The SMILES string of the molecule is Clc1nc(-c2cc(-c3ccccc3)cc(-c3ccccc3)c2)c2oc3ccccc3c2n1.Clc1nc(-c2ccc(-c3ccccc3)cc2)c2oc3ccccc3c2n1.Clc1nc(-c2ccc3ccccc3c2)c2oc3ccccc3c2n1.Clc1nc(-c2cccc3c2sc2ccccc23)c2oc3ccccc3c2n1.Clc1nc(-c2cccc3ccccc23)c2oc3ccccc3c2n1. The fourth-order valence-electron chi connectivity index (χ4n) is 17.3. The van der Waals surface area contributed by atoms with Gasteiger partial charge in [-0.05, 0) is 204 Å². The molecule has 16 aromatic carbocycles. The lowest BCUT2D eigenvalue weighted by molar-refractivity contribution is 0.667. The third-order valence-electron chi connectivity index (χ3n) is 23.4. The number of para-hydroxylation sites is 5. The monoisotopic (exact) mass is 1830 g/mol. The molecular formula is C112H63Cl5N10O5S. The van der Waals surface area contributed by atoms with Crippen molar-refractivity contribution in [3.8, 4) is 89.7 Å². The van der Waals surface area contributed by atoms with Crippen molar-refractivity contribution in [2.24, 2.45) is 0 Å². The zero-order valence-electron chi connectivity index (χ0n) is 69.7. The normalized spacial score (nSPS) is 11.5. The van der Waals surface area contributed by atoms with E-state index in [4.69, 9.17) is 80.1 Å². The second-order valence-corrected chi connectivity index (χ2v) is 34.2. The predicted molar refractivity (Wildman–Crippen MR) is 543 cm³/mol. The second kappa shape index (κ2) is 34.8. The van der Waals surface area contributed by atoms with E-state index in [1.807, 2.05) is 231 Å². The third-order valence-corrected chi connectivity index (χ3v) is 25.4. The Labute approximate surface area is 785 Å². The van der Waals surface area contributed by atoms with Crippen LogP contribution in [0.4, 0.5) is 0 Å². The number of fused-ring (bicyclic) bond motifs is 20. The predicted octanol–water partition coefficient (Wildman–Crippen LogP) is 33.2. The Morgan fingerprint density at radius 1 is 0.180 bits per heavy atom. The molecule has 0 N–H and O–H groups in total. The molecule has 15 nitrogen and oxygen atoms in total. The van der Waals surface area contributed by atoms with Crippen molar-refractivity contribution in [2.45, 2.75) is 0 Å². The number of benzene rings is 16. The van der Waals surface area contributed by atoms with E-state index in [-0.39, 0.29) is 26.4 Å². The molecule has 0 aliphatic heterocycles. The Kier molecular flexibility index (Phi) is 21.4. The molecule has 0 aliphatic rings. The average molecular weight is 1840 g/mol. The minimum absolute atomic E-state index is 0.199. The summed E-state index contributed by atoms with van der Waals surface area (Å²) in [5.74, 6) is 0. The highest BCUT2D eigenvalue weighted by atomic mass is 35.5. The topological polar surface area (TPSA) is 195 Å². The van der Waals surface area contributed by atoms with Crippen LogP contribution >= 0.6 is 69.3 Å². The standard InChI is InChI=1S/C28H17ClN2O.C22H11ClN2OS.C22H13ClN2O.2C20H11ClN2O/c29-28-30-25(27-26(31-28)23-13-7-8-14-24(23)32-27)22-16-20(18-9-3-1-4-10-18)15-21(17-22)19-11-5-2-6-12-19;23-22-24-18-14-7-1-3-10-16(14)26-20(18)19(25-22)15-9-5-8-13-12-6-2-4-11-17(12)27-21(13)15;23-22-24-19(21-20(25-22)17-8-4-5-9-18(17)26-21)16-12-10-15(11-13-16)14-6-2-1-3-7-14;21-20-22-17(14-10-5-7-12-6-1-2-8-13(12)14)19-18(23-20)15-9-3-4-11-16(15)24-19;21-20-22-17(14-10-9-12-5-1-2-6-13(12)11-14)19-18(23-20)15-7-3-4-8-16(15)24-19/h1-17H;1-11H;1-13H;2*1-11H. The van der Waals surface area contributed by atoms with E-state index >= 15 is 0 Å². The summed E-state index contributed by atoms with van der Waals surface area (Å²) in [4.78, 5) is 44.5. The maximum absolute atomic E-state index is 6.38. The molecule has 0 saturated carbocycles. The summed E-state index contributed by atoms with van der Waals surface area (Å²) in [5.41, 5.74) is 26.1.